The molecule has 0 radical (unpaired) electrons. The summed E-state index contributed by atoms with van der Waals surface area (Å²) < 4.78 is 2.65. The number of amides is 1. The number of benzene rings is 1. The van der Waals surface area contributed by atoms with Gasteiger partial charge in [0.05, 0.1) is 9.77 Å². The Morgan fingerprint density at radius 3 is 2.76 bits per heavy atom. The summed E-state index contributed by atoms with van der Waals surface area (Å²) >= 11 is 2.16. The van der Waals surface area contributed by atoms with Crippen molar-refractivity contribution in [1.29, 1.82) is 0 Å². The third-order valence-electron chi connectivity index (χ3n) is 2.24. The summed E-state index contributed by atoms with van der Waals surface area (Å²) in [7, 11) is 0. The summed E-state index contributed by atoms with van der Waals surface area (Å²) in [6, 6.07) is 9.83. The van der Waals surface area contributed by atoms with E-state index in [1.807, 2.05) is 36.5 Å². The van der Waals surface area contributed by atoms with E-state index in [4.69, 9.17) is 0 Å². The van der Waals surface area contributed by atoms with E-state index < -0.39 is 0 Å². The van der Waals surface area contributed by atoms with Gasteiger partial charge in [-0.2, -0.15) is 5.10 Å². The summed E-state index contributed by atoms with van der Waals surface area (Å²) in [5, 5.41) is 6.91. The number of hydrogen-bond acceptors (Lipinski definition) is 2. The van der Waals surface area contributed by atoms with E-state index >= 15 is 0 Å². The van der Waals surface area contributed by atoms with E-state index in [9.17, 15) is 4.79 Å². The molecule has 0 aliphatic heterocycles. The molecule has 0 spiro atoms. The maximum absolute atomic E-state index is 11.6. The van der Waals surface area contributed by atoms with E-state index in [1.54, 1.807) is 10.9 Å². The molecule has 0 fully saturated rings. The van der Waals surface area contributed by atoms with Gasteiger partial charge in [-0.25, -0.2) is 0 Å². The Bertz CT molecular complexity index is 495. The summed E-state index contributed by atoms with van der Waals surface area (Å²) in [6.45, 7) is 0.813. The minimum absolute atomic E-state index is 0.0339. The summed E-state index contributed by atoms with van der Waals surface area (Å²) in [5.41, 5.74) is 1.09. The van der Waals surface area contributed by atoms with E-state index in [1.165, 1.54) is 0 Å². The lowest BCUT2D eigenvalue weighted by atomic mass is 10.2. The predicted molar refractivity (Wildman–Crippen MR) is 73.2 cm³/mol. The molecule has 1 N–H and O–H groups in total. The molecule has 0 aliphatic rings. The second-order valence-corrected chi connectivity index (χ2v) is 4.86. The first-order valence-corrected chi connectivity index (χ1v) is 6.30. The number of hydrogen-bond donors (Lipinski definition) is 1. The quantitative estimate of drug-likeness (QED) is 0.863. The molecular weight excluding hydrogens is 329 g/mol. The van der Waals surface area contributed by atoms with E-state index in [2.05, 4.69) is 33.0 Å². The summed E-state index contributed by atoms with van der Waals surface area (Å²) in [4.78, 5) is 11.6. The zero-order valence-electron chi connectivity index (χ0n) is 9.14. The van der Waals surface area contributed by atoms with Crippen LogP contribution in [-0.4, -0.2) is 15.7 Å². The molecular formula is C12H12IN3O. The number of halogens is 1. The average Bonchev–Trinajstić information content (AvgIpc) is 2.73. The van der Waals surface area contributed by atoms with Crippen molar-refractivity contribution in [2.24, 2.45) is 0 Å². The topological polar surface area (TPSA) is 46.9 Å². The van der Waals surface area contributed by atoms with Crippen LogP contribution in [0.2, 0.25) is 0 Å². The Hall–Kier alpha value is -1.37. The van der Waals surface area contributed by atoms with Crippen LogP contribution in [-0.2, 0) is 17.9 Å². The Kier molecular flexibility index (Phi) is 4.13. The third kappa shape index (κ3) is 3.85. The highest BCUT2D eigenvalue weighted by atomic mass is 127. The van der Waals surface area contributed by atoms with Crippen molar-refractivity contribution in [3.63, 3.8) is 0 Å². The molecule has 0 bridgehead atoms. The van der Waals surface area contributed by atoms with Gasteiger partial charge in [-0.1, -0.05) is 30.3 Å². The number of carbonyl (C=O) groups excluding carboxylic acids is 1. The summed E-state index contributed by atoms with van der Waals surface area (Å²) in [6.07, 6.45) is 3.56. The van der Waals surface area contributed by atoms with Crippen molar-refractivity contribution < 1.29 is 4.79 Å². The second kappa shape index (κ2) is 5.81. The Morgan fingerprint density at radius 1 is 1.35 bits per heavy atom. The highest BCUT2D eigenvalue weighted by Gasteiger charge is 2.03. The molecule has 0 saturated carbocycles. The number of aromatic nitrogens is 2. The van der Waals surface area contributed by atoms with Crippen molar-refractivity contribution in [3.8, 4) is 0 Å². The first-order chi connectivity index (χ1) is 8.24. The van der Waals surface area contributed by atoms with E-state index in [0.717, 1.165) is 9.13 Å². The van der Waals surface area contributed by atoms with Crippen LogP contribution in [0.15, 0.2) is 42.7 Å². The highest BCUT2D eigenvalue weighted by Crippen LogP contribution is 2.01. The van der Waals surface area contributed by atoms with Gasteiger partial charge in [0.25, 0.3) is 0 Å². The molecule has 1 aromatic heterocycles. The van der Waals surface area contributed by atoms with Gasteiger partial charge in [-0.3, -0.25) is 9.48 Å². The van der Waals surface area contributed by atoms with Crippen LogP contribution in [0.5, 0.6) is 0 Å². The van der Waals surface area contributed by atoms with E-state index in [0.29, 0.717) is 6.54 Å². The maximum atomic E-state index is 11.6. The molecule has 1 aromatic carbocycles. The smallest absolute Gasteiger partial charge is 0.241 e. The van der Waals surface area contributed by atoms with Crippen LogP contribution in [0.4, 0.5) is 0 Å². The molecule has 5 heteroatoms. The lowest BCUT2D eigenvalue weighted by Crippen LogP contribution is -2.27. The number of nitrogens with zero attached hydrogens (tertiary/aromatic N) is 2. The Morgan fingerprint density at radius 2 is 2.12 bits per heavy atom. The maximum Gasteiger partial charge on any atom is 0.241 e. The monoisotopic (exact) mass is 341 g/mol. The predicted octanol–water partition coefficient (Wildman–Crippen LogP) is 1.80. The SMILES string of the molecule is O=C(Cn1cc(I)cn1)NCc1ccccc1. The fourth-order valence-electron chi connectivity index (χ4n) is 1.42. The van der Waals surface area contributed by atoms with Crippen molar-refractivity contribution in [2.45, 2.75) is 13.1 Å². The lowest BCUT2D eigenvalue weighted by Gasteiger charge is -2.05. The zero-order valence-corrected chi connectivity index (χ0v) is 11.3. The van der Waals surface area contributed by atoms with Crippen LogP contribution < -0.4 is 5.32 Å². The normalized spacial score (nSPS) is 10.2. The molecule has 0 atom stereocenters. The molecule has 4 nitrogen and oxygen atoms in total. The molecule has 17 heavy (non-hydrogen) atoms. The third-order valence-corrected chi connectivity index (χ3v) is 2.80. The average molecular weight is 341 g/mol. The standard InChI is InChI=1S/C12H12IN3O/c13-11-7-15-16(8-11)9-12(17)14-6-10-4-2-1-3-5-10/h1-5,7-8H,6,9H2,(H,14,17). The fraction of sp³-hybridized carbons (Fsp3) is 0.167. The van der Waals surface area contributed by atoms with Gasteiger partial charge in [-0.15, -0.1) is 0 Å². The number of nitrogens with one attached hydrogen (secondary N) is 1. The van der Waals surface area contributed by atoms with Crippen molar-refractivity contribution in [3.05, 3.63) is 51.9 Å². The van der Waals surface area contributed by atoms with Crippen LogP contribution >= 0.6 is 22.6 Å². The second-order valence-electron chi connectivity index (χ2n) is 3.62. The van der Waals surface area contributed by atoms with Gasteiger partial charge in [0.15, 0.2) is 0 Å². The first kappa shape index (κ1) is 12.1. The van der Waals surface area contributed by atoms with Gasteiger partial charge < -0.3 is 5.32 Å². The molecule has 0 unspecified atom stereocenters. The number of rotatable bonds is 4. The zero-order chi connectivity index (χ0) is 12.1. The Balaban J connectivity index is 1.82. The van der Waals surface area contributed by atoms with Crippen molar-refractivity contribution in [2.75, 3.05) is 0 Å². The summed E-state index contributed by atoms with van der Waals surface area (Å²) in [5.74, 6) is -0.0339. The lowest BCUT2D eigenvalue weighted by molar-refractivity contribution is -0.122. The number of carbonyl (C=O) groups is 1. The molecule has 88 valence electrons. The molecule has 2 rings (SSSR count). The molecule has 1 heterocycles. The van der Waals surface area contributed by atoms with Crippen molar-refractivity contribution >= 4 is 28.5 Å². The highest BCUT2D eigenvalue weighted by molar-refractivity contribution is 14.1. The molecule has 1 amide bonds. The van der Waals surface area contributed by atoms with Crippen LogP contribution in [0.25, 0.3) is 0 Å². The largest absolute Gasteiger partial charge is 0.350 e. The minimum atomic E-state index is -0.0339. The fourth-order valence-corrected chi connectivity index (χ4v) is 1.87. The molecule has 0 aliphatic carbocycles. The molecule has 0 saturated heterocycles. The van der Waals surface area contributed by atoms with Crippen LogP contribution in [0.3, 0.4) is 0 Å². The first-order valence-electron chi connectivity index (χ1n) is 5.22. The van der Waals surface area contributed by atoms with Gasteiger partial charge in [0.2, 0.25) is 5.91 Å². The van der Waals surface area contributed by atoms with Crippen LogP contribution in [0, 0.1) is 3.57 Å². The van der Waals surface area contributed by atoms with Crippen LogP contribution in [0.1, 0.15) is 5.56 Å². The molecule has 2 aromatic rings. The van der Waals surface area contributed by atoms with Gasteiger partial charge in [-0.05, 0) is 28.2 Å². The minimum Gasteiger partial charge on any atom is -0.350 e. The van der Waals surface area contributed by atoms with Gasteiger partial charge >= 0.3 is 0 Å². The van der Waals surface area contributed by atoms with Gasteiger partial charge in [0.1, 0.15) is 6.54 Å². The Labute approximate surface area is 113 Å². The van der Waals surface area contributed by atoms with E-state index in [-0.39, 0.29) is 12.5 Å². The van der Waals surface area contributed by atoms with Gasteiger partial charge in [0, 0.05) is 12.7 Å². The van der Waals surface area contributed by atoms with Crippen molar-refractivity contribution in [1.82, 2.24) is 15.1 Å².